The Kier molecular flexibility index (Phi) is 5.41. The molecule has 0 aliphatic carbocycles. The summed E-state index contributed by atoms with van der Waals surface area (Å²) in [5.41, 5.74) is 1.29. The van der Waals surface area contributed by atoms with Crippen LogP contribution in [0.3, 0.4) is 0 Å². The van der Waals surface area contributed by atoms with Crippen molar-refractivity contribution in [2.24, 2.45) is 5.92 Å². The second kappa shape index (κ2) is 7.06. The maximum absolute atomic E-state index is 6.22. The third kappa shape index (κ3) is 3.58. The molecule has 0 unspecified atom stereocenters. The molecule has 0 amide bonds. The van der Waals surface area contributed by atoms with Gasteiger partial charge in [0.2, 0.25) is 0 Å². The van der Waals surface area contributed by atoms with Crippen LogP contribution in [0.15, 0.2) is 30.3 Å². The highest BCUT2D eigenvalue weighted by molar-refractivity contribution is 5.19. The first-order chi connectivity index (χ1) is 9.26. The van der Waals surface area contributed by atoms with Gasteiger partial charge < -0.3 is 9.47 Å². The first-order valence-electron chi connectivity index (χ1n) is 7.58. The summed E-state index contributed by atoms with van der Waals surface area (Å²) in [6, 6.07) is 10.5. The molecule has 1 aromatic rings. The summed E-state index contributed by atoms with van der Waals surface area (Å²) in [5, 5.41) is 0. The van der Waals surface area contributed by atoms with E-state index in [1.807, 2.05) is 6.07 Å². The van der Waals surface area contributed by atoms with E-state index in [1.54, 1.807) is 0 Å². The quantitative estimate of drug-likeness (QED) is 0.785. The lowest BCUT2D eigenvalue weighted by molar-refractivity contribution is -0.245. The molecule has 2 heteroatoms. The van der Waals surface area contributed by atoms with E-state index < -0.39 is 0 Å². The zero-order chi connectivity index (χ0) is 13.7. The number of hydrogen-bond donors (Lipinski definition) is 0. The van der Waals surface area contributed by atoms with Gasteiger partial charge in [-0.2, -0.15) is 0 Å². The molecule has 1 aliphatic heterocycles. The molecule has 0 spiro atoms. The molecule has 0 bridgehead atoms. The van der Waals surface area contributed by atoms with Gasteiger partial charge >= 0.3 is 0 Å². The fourth-order valence-electron chi connectivity index (χ4n) is 2.79. The summed E-state index contributed by atoms with van der Waals surface area (Å²) in [5.74, 6) is 0.845. The minimum absolute atomic E-state index is 0.0956. The Labute approximate surface area is 117 Å². The lowest BCUT2D eigenvalue weighted by atomic mass is 9.94. The van der Waals surface area contributed by atoms with Crippen LogP contribution in [0.2, 0.25) is 0 Å². The second-order valence-corrected chi connectivity index (χ2v) is 5.53. The predicted molar refractivity (Wildman–Crippen MR) is 78.2 cm³/mol. The highest BCUT2D eigenvalue weighted by atomic mass is 16.7. The van der Waals surface area contributed by atoms with E-state index >= 15 is 0 Å². The van der Waals surface area contributed by atoms with Crippen molar-refractivity contribution in [1.82, 2.24) is 0 Å². The standard InChI is InChI=1S/C17H26O2/c1-4-9-16-14(5-2)12-18-17(19-16)13(3)15-10-7-6-8-11-15/h6-8,10-11,13-14,16-17H,4-5,9,12H2,1-3H3/t13-,14-,16+,17-/m0/s1. The third-order valence-corrected chi connectivity index (χ3v) is 4.14. The van der Waals surface area contributed by atoms with E-state index in [1.165, 1.54) is 12.0 Å². The molecule has 0 N–H and O–H groups in total. The number of hydrogen-bond acceptors (Lipinski definition) is 2. The van der Waals surface area contributed by atoms with Crippen LogP contribution in [0, 0.1) is 5.92 Å². The molecule has 1 aromatic carbocycles. The number of benzene rings is 1. The largest absolute Gasteiger partial charge is 0.352 e. The van der Waals surface area contributed by atoms with Crippen molar-refractivity contribution in [3.63, 3.8) is 0 Å². The summed E-state index contributed by atoms with van der Waals surface area (Å²) < 4.78 is 12.2. The fourth-order valence-corrected chi connectivity index (χ4v) is 2.79. The summed E-state index contributed by atoms with van der Waals surface area (Å²) in [4.78, 5) is 0. The van der Waals surface area contributed by atoms with Crippen molar-refractivity contribution in [3.8, 4) is 0 Å². The second-order valence-electron chi connectivity index (χ2n) is 5.53. The molecular weight excluding hydrogens is 236 g/mol. The molecule has 1 heterocycles. The molecule has 0 saturated carbocycles. The molecule has 2 rings (SSSR count). The summed E-state index contributed by atoms with van der Waals surface area (Å²) >= 11 is 0. The molecule has 0 radical (unpaired) electrons. The summed E-state index contributed by atoms with van der Waals surface area (Å²) in [6.45, 7) is 7.47. The van der Waals surface area contributed by atoms with Gasteiger partial charge in [0.25, 0.3) is 0 Å². The van der Waals surface area contributed by atoms with Crippen LogP contribution < -0.4 is 0 Å². The first kappa shape index (κ1) is 14.5. The average molecular weight is 262 g/mol. The van der Waals surface area contributed by atoms with Crippen molar-refractivity contribution in [1.29, 1.82) is 0 Å². The molecule has 2 nitrogen and oxygen atoms in total. The van der Waals surface area contributed by atoms with Crippen molar-refractivity contribution in [2.75, 3.05) is 6.61 Å². The van der Waals surface area contributed by atoms with E-state index in [-0.39, 0.29) is 6.29 Å². The van der Waals surface area contributed by atoms with Crippen LogP contribution >= 0.6 is 0 Å². The van der Waals surface area contributed by atoms with Crippen molar-refractivity contribution in [2.45, 2.75) is 58.3 Å². The van der Waals surface area contributed by atoms with Gasteiger partial charge in [0.1, 0.15) is 0 Å². The van der Waals surface area contributed by atoms with Gasteiger partial charge in [-0.15, -0.1) is 0 Å². The molecule has 1 fully saturated rings. The number of ether oxygens (including phenoxy) is 2. The van der Waals surface area contributed by atoms with Gasteiger partial charge in [-0.05, 0) is 18.4 Å². The summed E-state index contributed by atoms with van der Waals surface area (Å²) in [7, 11) is 0. The first-order valence-corrected chi connectivity index (χ1v) is 7.58. The van der Waals surface area contributed by atoms with Crippen molar-refractivity contribution < 1.29 is 9.47 Å². The minimum Gasteiger partial charge on any atom is -0.352 e. The highest BCUT2D eigenvalue weighted by Gasteiger charge is 2.33. The van der Waals surface area contributed by atoms with Crippen LogP contribution in [-0.4, -0.2) is 19.0 Å². The van der Waals surface area contributed by atoms with Gasteiger partial charge in [0.05, 0.1) is 12.7 Å². The van der Waals surface area contributed by atoms with Gasteiger partial charge in [-0.1, -0.05) is 57.5 Å². The van der Waals surface area contributed by atoms with E-state index in [0.717, 1.165) is 19.4 Å². The van der Waals surface area contributed by atoms with E-state index in [2.05, 4.69) is 45.0 Å². The van der Waals surface area contributed by atoms with Gasteiger partial charge in [-0.25, -0.2) is 0 Å². The lowest BCUT2D eigenvalue weighted by Crippen LogP contribution is -2.41. The molecule has 4 atom stereocenters. The average Bonchev–Trinajstić information content (AvgIpc) is 2.47. The molecule has 0 aromatic heterocycles. The van der Waals surface area contributed by atoms with Crippen molar-refractivity contribution in [3.05, 3.63) is 35.9 Å². The Hall–Kier alpha value is -0.860. The molecule has 1 saturated heterocycles. The Morgan fingerprint density at radius 2 is 1.95 bits per heavy atom. The molecule has 106 valence electrons. The Morgan fingerprint density at radius 3 is 2.58 bits per heavy atom. The van der Waals surface area contributed by atoms with Crippen LogP contribution in [-0.2, 0) is 9.47 Å². The molecule has 19 heavy (non-hydrogen) atoms. The minimum atomic E-state index is -0.0956. The van der Waals surface area contributed by atoms with Crippen LogP contribution in [0.25, 0.3) is 0 Å². The maximum atomic E-state index is 6.22. The topological polar surface area (TPSA) is 18.5 Å². The normalized spacial score (nSPS) is 29.1. The Balaban J connectivity index is 2.02. The van der Waals surface area contributed by atoms with Crippen molar-refractivity contribution >= 4 is 0 Å². The smallest absolute Gasteiger partial charge is 0.164 e. The van der Waals surface area contributed by atoms with Crippen LogP contribution in [0.4, 0.5) is 0 Å². The molecule has 1 aliphatic rings. The van der Waals surface area contributed by atoms with Gasteiger partial charge in [0, 0.05) is 11.8 Å². The zero-order valence-corrected chi connectivity index (χ0v) is 12.3. The monoisotopic (exact) mass is 262 g/mol. The van der Waals surface area contributed by atoms with Crippen LogP contribution in [0.5, 0.6) is 0 Å². The predicted octanol–water partition coefficient (Wildman–Crippen LogP) is 4.36. The lowest BCUT2D eigenvalue weighted by Gasteiger charge is -2.38. The van der Waals surface area contributed by atoms with E-state index in [0.29, 0.717) is 17.9 Å². The van der Waals surface area contributed by atoms with E-state index in [9.17, 15) is 0 Å². The highest BCUT2D eigenvalue weighted by Crippen LogP contribution is 2.31. The SMILES string of the molecule is CCC[C@H]1O[C@@H]([C@@H](C)c2ccccc2)OC[C@@H]1CC. The zero-order valence-electron chi connectivity index (χ0n) is 12.3. The molecular formula is C17H26O2. The fraction of sp³-hybridized carbons (Fsp3) is 0.647. The maximum Gasteiger partial charge on any atom is 0.164 e. The van der Waals surface area contributed by atoms with Gasteiger partial charge in [0.15, 0.2) is 6.29 Å². The van der Waals surface area contributed by atoms with Crippen LogP contribution in [0.1, 0.15) is 51.5 Å². The number of rotatable bonds is 5. The van der Waals surface area contributed by atoms with E-state index in [4.69, 9.17) is 9.47 Å². The Morgan fingerprint density at radius 1 is 1.21 bits per heavy atom. The summed E-state index contributed by atoms with van der Waals surface area (Å²) in [6.07, 6.45) is 3.71. The Bertz CT molecular complexity index is 363. The third-order valence-electron chi connectivity index (χ3n) is 4.14. The van der Waals surface area contributed by atoms with Gasteiger partial charge in [-0.3, -0.25) is 0 Å².